The molecule has 0 aliphatic rings. The highest BCUT2D eigenvalue weighted by Crippen LogP contribution is 2.24. The summed E-state index contributed by atoms with van der Waals surface area (Å²) >= 11 is 1.66. The van der Waals surface area contributed by atoms with Gasteiger partial charge in [0.05, 0.1) is 12.2 Å². The second kappa shape index (κ2) is 8.45. The Hall–Kier alpha value is -1.99. The predicted octanol–water partition coefficient (Wildman–Crippen LogP) is 4.52. The fraction of sp³-hybridized carbons (Fsp3) is 0.333. The maximum absolute atomic E-state index is 9.23. The molecule has 0 spiro atoms. The number of aromatic nitrogens is 1. The monoisotopic (exact) mass is 312 g/mol. The summed E-state index contributed by atoms with van der Waals surface area (Å²) in [7, 11) is 0. The number of hydrogen-bond acceptors (Lipinski definition) is 4. The van der Waals surface area contributed by atoms with E-state index in [4.69, 9.17) is 4.74 Å². The zero-order chi connectivity index (χ0) is 15.8. The van der Waals surface area contributed by atoms with Crippen molar-refractivity contribution in [3.63, 3.8) is 0 Å². The van der Waals surface area contributed by atoms with Gasteiger partial charge in [-0.25, -0.2) is 4.98 Å². The van der Waals surface area contributed by atoms with Gasteiger partial charge >= 0.3 is 0 Å². The third kappa shape index (κ3) is 4.78. The molecule has 0 saturated carbocycles. The summed E-state index contributed by atoms with van der Waals surface area (Å²) in [5.41, 5.74) is 2.67. The summed E-state index contributed by atoms with van der Waals surface area (Å²) in [6.45, 7) is 4.65. The summed E-state index contributed by atoms with van der Waals surface area (Å²) in [6.07, 6.45) is 2.03. The molecule has 0 radical (unpaired) electrons. The third-order valence-corrected chi connectivity index (χ3v) is 4.27. The fourth-order valence-electron chi connectivity index (χ4n) is 2.12. The highest BCUT2D eigenvalue weighted by molar-refractivity contribution is 7.99. The molecule has 0 amide bonds. The minimum absolute atomic E-state index is 0.705. The molecule has 1 aromatic carbocycles. The van der Waals surface area contributed by atoms with Crippen molar-refractivity contribution in [2.75, 3.05) is 12.4 Å². The average Bonchev–Trinajstić information content (AvgIpc) is 2.51. The summed E-state index contributed by atoms with van der Waals surface area (Å²) in [6, 6.07) is 14.1. The number of hydrogen-bond donors (Lipinski definition) is 0. The lowest BCUT2D eigenvalue weighted by molar-refractivity contribution is 0.310. The van der Waals surface area contributed by atoms with Crippen molar-refractivity contribution in [3.8, 4) is 11.8 Å². The van der Waals surface area contributed by atoms with E-state index in [-0.39, 0.29) is 0 Å². The van der Waals surface area contributed by atoms with Gasteiger partial charge in [-0.3, -0.25) is 0 Å². The fourth-order valence-corrected chi connectivity index (χ4v) is 3.22. The number of nitriles is 1. The predicted molar refractivity (Wildman–Crippen MR) is 90.3 cm³/mol. The molecule has 0 unspecified atom stereocenters. The van der Waals surface area contributed by atoms with Crippen LogP contribution < -0.4 is 4.74 Å². The third-order valence-electron chi connectivity index (χ3n) is 3.21. The van der Waals surface area contributed by atoms with Crippen LogP contribution in [0.1, 0.15) is 29.7 Å². The molecule has 0 atom stereocenters. The van der Waals surface area contributed by atoms with Gasteiger partial charge in [0.25, 0.3) is 0 Å². The quantitative estimate of drug-likeness (QED) is 0.557. The van der Waals surface area contributed by atoms with E-state index in [1.54, 1.807) is 11.8 Å². The Labute approximate surface area is 136 Å². The Balaban J connectivity index is 1.74. The van der Waals surface area contributed by atoms with Crippen molar-refractivity contribution in [1.29, 1.82) is 5.26 Å². The molecule has 0 aliphatic heterocycles. The largest absolute Gasteiger partial charge is 0.494 e. The number of nitrogens with zero attached hydrogens (tertiary/aromatic N) is 2. The Morgan fingerprint density at radius 3 is 2.68 bits per heavy atom. The number of para-hydroxylation sites is 1. The van der Waals surface area contributed by atoms with E-state index < -0.39 is 0 Å². The molecule has 0 aliphatic carbocycles. The first-order chi connectivity index (χ1) is 10.7. The molecule has 0 bridgehead atoms. The number of benzene rings is 1. The number of rotatable bonds is 7. The lowest BCUT2D eigenvalue weighted by atomic mass is 10.1. The molecule has 0 saturated heterocycles. The van der Waals surface area contributed by atoms with E-state index >= 15 is 0 Å². The molecular formula is C18H20N2OS. The van der Waals surface area contributed by atoms with Crippen LogP contribution in [-0.2, 0) is 0 Å². The van der Waals surface area contributed by atoms with Crippen LogP contribution in [0.3, 0.4) is 0 Å². The standard InChI is InChI=1S/C18H20N2OS/c1-14-12-15(2)20-18(17(14)13-19)22-11-7-6-10-21-16-8-4-3-5-9-16/h3-5,8-9,12H,6-7,10-11H2,1-2H3. The van der Waals surface area contributed by atoms with E-state index in [2.05, 4.69) is 11.1 Å². The maximum Gasteiger partial charge on any atom is 0.119 e. The summed E-state index contributed by atoms with van der Waals surface area (Å²) in [4.78, 5) is 4.48. The highest BCUT2D eigenvalue weighted by Gasteiger charge is 2.08. The molecule has 4 heteroatoms. The van der Waals surface area contributed by atoms with Crippen molar-refractivity contribution in [3.05, 3.63) is 53.2 Å². The lowest BCUT2D eigenvalue weighted by Crippen LogP contribution is -1.99. The summed E-state index contributed by atoms with van der Waals surface area (Å²) in [5, 5.41) is 10.1. The normalized spacial score (nSPS) is 10.2. The number of aryl methyl sites for hydroxylation is 2. The second-order valence-corrected chi connectivity index (χ2v) is 6.17. The molecule has 2 aromatic rings. The Morgan fingerprint density at radius 2 is 1.95 bits per heavy atom. The summed E-state index contributed by atoms with van der Waals surface area (Å²) in [5.74, 6) is 1.86. The molecule has 0 fully saturated rings. The molecule has 3 nitrogen and oxygen atoms in total. The van der Waals surface area contributed by atoms with Gasteiger partial charge in [0.1, 0.15) is 16.8 Å². The second-order valence-electron chi connectivity index (χ2n) is 5.09. The number of pyridine rings is 1. The maximum atomic E-state index is 9.23. The Morgan fingerprint density at radius 1 is 1.18 bits per heavy atom. The van der Waals surface area contributed by atoms with Crippen LogP contribution in [0.15, 0.2) is 41.4 Å². The van der Waals surface area contributed by atoms with Crippen LogP contribution in [-0.4, -0.2) is 17.3 Å². The van der Waals surface area contributed by atoms with E-state index in [1.807, 2.05) is 50.2 Å². The molecule has 2 rings (SSSR count). The highest BCUT2D eigenvalue weighted by atomic mass is 32.2. The Kier molecular flexibility index (Phi) is 6.29. The van der Waals surface area contributed by atoms with Crippen molar-refractivity contribution in [1.82, 2.24) is 4.98 Å². The summed E-state index contributed by atoms with van der Waals surface area (Å²) < 4.78 is 5.66. The molecule has 22 heavy (non-hydrogen) atoms. The van der Waals surface area contributed by atoms with Gasteiger partial charge in [-0.2, -0.15) is 5.26 Å². The van der Waals surface area contributed by atoms with E-state index in [0.29, 0.717) is 5.56 Å². The van der Waals surface area contributed by atoms with Crippen molar-refractivity contribution >= 4 is 11.8 Å². The van der Waals surface area contributed by atoms with Crippen LogP contribution in [0.4, 0.5) is 0 Å². The molecule has 0 N–H and O–H groups in total. The van der Waals surface area contributed by atoms with Crippen molar-refractivity contribution in [2.24, 2.45) is 0 Å². The van der Waals surface area contributed by atoms with Crippen LogP contribution in [0.5, 0.6) is 5.75 Å². The van der Waals surface area contributed by atoms with Gasteiger partial charge in [0.2, 0.25) is 0 Å². The van der Waals surface area contributed by atoms with Gasteiger partial charge in [-0.15, -0.1) is 11.8 Å². The topological polar surface area (TPSA) is 45.9 Å². The first-order valence-electron chi connectivity index (χ1n) is 7.39. The molecular weight excluding hydrogens is 292 g/mol. The van der Waals surface area contributed by atoms with Crippen LogP contribution in [0.25, 0.3) is 0 Å². The minimum atomic E-state index is 0.705. The van der Waals surface area contributed by atoms with Crippen LogP contribution in [0, 0.1) is 25.2 Å². The van der Waals surface area contributed by atoms with E-state index in [0.717, 1.165) is 47.2 Å². The molecule has 1 aromatic heterocycles. The van der Waals surface area contributed by atoms with Crippen LogP contribution >= 0.6 is 11.8 Å². The average molecular weight is 312 g/mol. The van der Waals surface area contributed by atoms with Gasteiger partial charge in [-0.05, 0) is 56.2 Å². The van der Waals surface area contributed by atoms with Gasteiger partial charge in [0.15, 0.2) is 0 Å². The Bertz CT molecular complexity index is 650. The van der Waals surface area contributed by atoms with Crippen LogP contribution in [0.2, 0.25) is 0 Å². The minimum Gasteiger partial charge on any atom is -0.494 e. The van der Waals surface area contributed by atoms with Gasteiger partial charge in [0, 0.05) is 5.69 Å². The zero-order valence-electron chi connectivity index (χ0n) is 13.0. The number of ether oxygens (including phenoxy) is 1. The number of thioether (sulfide) groups is 1. The van der Waals surface area contributed by atoms with Gasteiger partial charge in [-0.1, -0.05) is 18.2 Å². The molecule has 1 heterocycles. The smallest absolute Gasteiger partial charge is 0.119 e. The first-order valence-corrected chi connectivity index (χ1v) is 8.38. The lowest BCUT2D eigenvalue weighted by Gasteiger charge is -2.08. The number of unbranched alkanes of at least 4 members (excludes halogenated alkanes) is 1. The van der Waals surface area contributed by atoms with Crippen molar-refractivity contribution < 1.29 is 4.74 Å². The zero-order valence-corrected chi connectivity index (χ0v) is 13.8. The van der Waals surface area contributed by atoms with Crippen molar-refractivity contribution in [2.45, 2.75) is 31.7 Å². The first kappa shape index (κ1) is 16.4. The van der Waals surface area contributed by atoms with Gasteiger partial charge < -0.3 is 4.74 Å². The van der Waals surface area contributed by atoms with E-state index in [1.165, 1.54) is 0 Å². The molecule has 114 valence electrons. The van der Waals surface area contributed by atoms with E-state index in [9.17, 15) is 5.26 Å². The SMILES string of the molecule is Cc1cc(C)c(C#N)c(SCCCCOc2ccccc2)n1.